The molecule has 0 fully saturated rings. The molecule has 1 atom stereocenters. The lowest BCUT2D eigenvalue weighted by molar-refractivity contribution is -0.127. The summed E-state index contributed by atoms with van der Waals surface area (Å²) in [4.78, 5) is 24.5. The minimum absolute atomic E-state index is 0.116. The molecule has 4 rings (SSSR count). The van der Waals surface area contributed by atoms with Crippen molar-refractivity contribution in [2.75, 3.05) is 6.54 Å². The van der Waals surface area contributed by atoms with Crippen molar-refractivity contribution < 1.29 is 9.53 Å². The van der Waals surface area contributed by atoms with Crippen molar-refractivity contribution in [1.82, 2.24) is 15.1 Å². The fourth-order valence-electron chi connectivity index (χ4n) is 3.57. The molecule has 0 spiro atoms. The molecule has 0 saturated heterocycles. The molecule has 1 amide bonds. The third-order valence-corrected chi connectivity index (χ3v) is 5.07. The van der Waals surface area contributed by atoms with Crippen LogP contribution in [0.2, 0.25) is 0 Å². The van der Waals surface area contributed by atoms with Crippen molar-refractivity contribution in [3.8, 4) is 5.75 Å². The SMILES string of the molecule is CC(Oc1cccc2ccccc12)C(=O)NCCn1nc2c(cc1=O)CCC2. The van der Waals surface area contributed by atoms with Crippen LogP contribution in [-0.4, -0.2) is 28.3 Å². The number of nitrogens with one attached hydrogen (secondary N) is 1. The van der Waals surface area contributed by atoms with Crippen molar-refractivity contribution >= 4 is 16.7 Å². The van der Waals surface area contributed by atoms with Crippen LogP contribution in [0.4, 0.5) is 0 Å². The van der Waals surface area contributed by atoms with Gasteiger partial charge in [0, 0.05) is 18.0 Å². The normalized spacial score (nSPS) is 13.9. The number of aryl methyl sites for hydroxylation is 2. The highest BCUT2D eigenvalue weighted by atomic mass is 16.5. The van der Waals surface area contributed by atoms with Crippen LogP contribution in [0.15, 0.2) is 53.3 Å². The van der Waals surface area contributed by atoms with Gasteiger partial charge in [0.1, 0.15) is 5.75 Å². The molecule has 1 aromatic heterocycles. The molecule has 3 aromatic rings. The third kappa shape index (κ3) is 3.76. The molecule has 144 valence electrons. The number of rotatable bonds is 6. The number of carbonyl (C=O) groups is 1. The molecule has 1 N–H and O–H groups in total. The maximum absolute atomic E-state index is 12.4. The van der Waals surface area contributed by atoms with E-state index in [4.69, 9.17) is 4.74 Å². The summed E-state index contributed by atoms with van der Waals surface area (Å²) in [5, 5.41) is 9.28. The molecule has 0 saturated carbocycles. The molecule has 28 heavy (non-hydrogen) atoms. The predicted molar refractivity (Wildman–Crippen MR) is 108 cm³/mol. The Morgan fingerprint density at radius 3 is 2.93 bits per heavy atom. The van der Waals surface area contributed by atoms with E-state index in [0.29, 0.717) is 18.8 Å². The number of ether oxygens (including phenoxy) is 1. The van der Waals surface area contributed by atoms with Gasteiger partial charge in [-0.15, -0.1) is 0 Å². The van der Waals surface area contributed by atoms with Gasteiger partial charge < -0.3 is 10.1 Å². The standard InChI is InChI=1S/C22H23N3O3/c1-15(28-20-11-5-7-16-6-2-3-9-18(16)20)22(27)23-12-13-25-21(26)14-17-8-4-10-19(17)24-25/h2-3,5-7,9,11,14-15H,4,8,10,12-13H2,1H3,(H,23,27). The molecule has 1 unspecified atom stereocenters. The Balaban J connectivity index is 1.36. The van der Waals surface area contributed by atoms with E-state index in [1.165, 1.54) is 4.68 Å². The lowest BCUT2D eigenvalue weighted by Crippen LogP contribution is -2.39. The molecular weight excluding hydrogens is 354 g/mol. The molecule has 1 aliphatic carbocycles. The Morgan fingerprint density at radius 1 is 1.21 bits per heavy atom. The summed E-state index contributed by atoms with van der Waals surface area (Å²) < 4.78 is 7.31. The van der Waals surface area contributed by atoms with Crippen molar-refractivity contribution in [3.05, 3.63) is 70.1 Å². The van der Waals surface area contributed by atoms with Crippen LogP contribution in [-0.2, 0) is 24.2 Å². The highest BCUT2D eigenvalue weighted by Crippen LogP contribution is 2.26. The lowest BCUT2D eigenvalue weighted by Gasteiger charge is -2.16. The van der Waals surface area contributed by atoms with Crippen LogP contribution in [0.3, 0.4) is 0 Å². The number of benzene rings is 2. The van der Waals surface area contributed by atoms with Gasteiger partial charge in [-0.3, -0.25) is 9.59 Å². The van der Waals surface area contributed by atoms with Crippen LogP contribution in [0, 0.1) is 0 Å². The van der Waals surface area contributed by atoms with Gasteiger partial charge in [-0.1, -0.05) is 36.4 Å². The Kier molecular flexibility index (Phi) is 5.10. The molecule has 0 radical (unpaired) electrons. The van der Waals surface area contributed by atoms with Crippen LogP contribution >= 0.6 is 0 Å². The number of fused-ring (bicyclic) bond motifs is 2. The molecule has 0 aliphatic heterocycles. The monoisotopic (exact) mass is 377 g/mol. The second-order valence-electron chi connectivity index (χ2n) is 7.06. The summed E-state index contributed by atoms with van der Waals surface area (Å²) in [6.07, 6.45) is 2.25. The van der Waals surface area contributed by atoms with Crippen molar-refractivity contribution in [1.29, 1.82) is 0 Å². The number of carbonyl (C=O) groups excluding carboxylic acids is 1. The second-order valence-corrected chi connectivity index (χ2v) is 7.06. The van der Waals surface area contributed by atoms with Crippen molar-refractivity contribution in [2.24, 2.45) is 0 Å². The molecular formula is C22H23N3O3. The van der Waals surface area contributed by atoms with Gasteiger partial charge in [0.2, 0.25) is 0 Å². The van der Waals surface area contributed by atoms with Crippen LogP contribution < -0.4 is 15.6 Å². The molecule has 2 aromatic carbocycles. The first-order valence-corrected chi connectivity index (χ1v) is 9.64. The minimum atomic E-state index is -0.643. The quantitative estimate of drug-likeness (QED) is 0.716. The minimum Gasteiger partial charge on any atom is -0.480 e. The number of amides is 1. The first-order valence-electron chi connectivity index (χ1n) is 9.64. The summed E-state index contributed by atoms with van der Waals surface area (Å²) >= 11 is 0. The summed E-state index contributed by atoms with van der Waals surface area (Å²) in [5.41, 5.74) is 1.94. The van der Waals surface area contributed by atoms with E-state index in [1.54, 1.807) is 13.0 Å². The molecule has 1 aliphatic rings. The third-order valence-electron chi connectivity index (χ3n) is 5.07. The topological polar surface area (TPSA) is 73.2 Å². The highest BCUT2D eigenvalue weighted by molar-refractivity contribution is 5.89. The number of aromatic nitrogens is 2. The summed E-state index contributed by atoms with van der Waals surface area (Å²) in [5.74, 6) is 0.458. The van der Waals surface area contributed by atoms with Crippen LogP contribution in [0.25, 0.3) is 10.8 Å². The Hall–Kier alpha value is -3.15. The van der Waals surface area contributed by atoms with E-state index in [1.807, 2.05) is 42.5 Å². The van der Waals surface area contributed by atoms with E-state index >= 15 is 0 Å². The van der Waals surface area contributed by atoms with Crippen LogP contribution in [0.1, 0.15) is 24.6 Å². The Labute approximate surface area is 163 Å². The fraction of sp³-hybridized carbons (Fsp3) is 0.318. The zero-order valence-electron chi connectivity index (χ0n) is 15.9. The van der Waals surface area contributed by atoms with Gasteiger partial charge in [0.25, 0.3) is 11.5 Å². The first kappa shape index (κ1) is 18.2. The van der Waals surface area contributed by atoms with E-state index in [-0.39, 0.29) is 11.5 Å². The maximum atomic E-state index is 12.4. The van der Waals surface area contributed by atoms with Crippen LogP contribution in [0.5, 0.6) is 5.75 Å². The average Bonchev–Trinajstić information content (AvgIpc) is 3.15. The first-order chi connectivity index (χ1) is 13.6. The second kappa shape index (κ2) is 7.84. The van der Waals surface area contributed by atoms with E-state index in [0.717, 1.165) is 41.3 Å². The predicted octanol–water partition coefficient (Wildman–Crippen LogP) is 2.47. The van der Waals surface area contributed by atoms with E-state index in [9.17, 15) is 9.59 Å². The Bertz CT molecular complexity index is 1070. The van der Waals surface area contributed by atoms with Crippen molar-refractivity contribution in [2.45, 2.75) is 38.8 Å². The zero-order valence-corrected chi connectivity index (χ0v) is 15.9. The summed E-state index contributed by atoms with van der Waals surface area (Å²) in [6, 6.07) is 15.3. The fourth-order valence-corrected chi connectivity index (χ4v) is 3.57. The molecule has 1 heterocycles. The van der Waals surface area contributed by atoms with E-state index in [2.05, 4.69) is 10.4 Å². The van der Waals surface area contributed by atoms with Gasteiger partial charge in [-0.05, 0) is 43.2 Å². The van der Waals surface area contributed by atoms with Gasteiger partial charge in [0.05, 0.1) is 12.2 Å². The van der Waals surface area contributed by atoms with Gasteiger partial charge in [0.15, 0.2) is 6.10 Å². The maximum Gasteiger partial charge on any atom is 0.267 e. The number of hydrogen-bond acceptors (Lipinski definition) is 4. The summed E-state index contributed by atoms with van der Waals surface area (Å²) in [6.45, 7) is 2.39. The highest BCUT2D eigenvalue weighted by Gasteiger charge is 2.17. The van der Waals surface area contributed by atoms with Gasteiger partial charge >= 0.3 is 0 Å². The summed E-state index contributed by atoms with van der Waals surface area (Å²) in [7, 11) is 0. The van der Waals surface area contributed by atoms with Crippen molar-refractivity contribution in [3.63, 3.8) is 0 Å². The molecule has 6 heteroatoms. The molecule has 6 nitrogen and oxygen atoms in total. The molecule has 0 bridgehead atoms. The van der Waals surface area contributed by atoms with Gasteiger partial charge in [-0.25, -0.2) is 4.68 Å². The average molecular weight is 377 g/mol. The van der Waals surface area contributed by atoms with Gasteiger partial charge in [-0.2, -0.15) is 5.10 Å². The number of hydrogen-bond donors (Lipinski definition) is 1. The lowest BCUT2D eigenvalue weighted by atomic mass is 10.1. The van der Waals surface area contributed by atoms with E-state index < -0.39 is 6.10 Å². The number of nitrogens with zero attached hydrogens (tertiary/aromatic N) is 2. The smallest absolute Gasteiger partial charge is 0.267 e. The Morgan fingerprint density at radius 2 is 2.04 bits per heavy atom. The largest absolute Gasteiger partial charge is 0.480 e. The zero-order chi connectivity index (χ0) is 19.5.